The molecular formula is C25H19ClN4O2. The van der Waals surface area contributed by atoms with E-state index < -0.39 is 0 Å². The number of hydrogen-bond donors (Lipinski definition) is 1. The van der Waals surface area contributed by atoms with Crippen LogP contribution in [0, 0.1) is 6.92 Å². The largest absolute Gasteiger partial charge is 0.321 e. The Balaban J connectivity index is 1.70. The standard InChI is InChI=1S/C25H19ClN4O2/c1-16-10-11-22-28-23-20(25(32)30(22)14-16)13-21(29(23)15-17-6-3-2-4-7-17)24(31)27-19-9-5-8-18(26)12-19/h2-14H,15H2,1H3,(H,27,31). The molecule has 0 aliphatic heterocycles. The van der Waals surface area contributed by atoms with E-state index in [1.807, 2.05) is 49.4 Å². The van der Waals surface area contributed by atoms with Crippen molar-refractivity contribution < 1.29 is 4.79 Å². The predicted octanol–water partition coefficient (Wildman–Crippen LogP) is 4.91. The average Bonchev–Trinajstić information content (AvgIpc) is 3.14. The van der Waals surface area contributed by atoms with Gasteiger partial charge in [-0.05, 0) is 48.4 Å². The molecule has 5 rings (SSSR count). The van der Waals surface area contributed by atoms with Gasteiger partial charge in [0.1, 0.15) is 17.0 Å². The second-order valence-corrected chi connectivity index (χ2v) is 8.09. The number of carbonyl (C=O) groups excluding carboxylic acids is 1. The van der Waals surface area contributed by atoms with E-state index in [-0.39, 0.29) is 11.5 Å². The maximum atomic E-state index is 13.3. The molecule has 1 amide bonds. The molecule has 3 heterocycles. The number of aromatic nitrogens is 3. The zero-order valence-electron chi connectivity index (χ0n) is 17.2. The van der Waals surface area contributed by atoms with E-state index in [1.165, 1.54) is 4.40 Å². The van der Waals surface area contributed by atoms with Gasteiger partial charge in [-0.15, -0.1) is 0 Å². The van der Waals surface area contributed by atoms with Crippen molar-refractivity contribution in [2.24, 2.45) is 0 Å². The van der Waals surface area contributed by atoms with Crippen LogP contribution in [-0.4, -0.2) is 19.9 Å². The first kappa shape index (κ1) is 20.0. The molecule has 0 aliphatic carbocycles. The minimum Gasteiger partial charge on any atom is -0.321 e. The molecule has 0 spiro atoms. The summed E-state index contributed by atoms with van der Waals surface area (Å²) in [4.78, 5) is 31.2. The van der Waals surface area contributed by atoms with Crippen LogP contribution in [0.1, 0.15) is 21.6 Å². The summed E-state index contributed by atoms with van der Waals surface area (Å²) in [5.41, 5.74) is 3.65. The number of aryl methyl sites for hydroxylation is 1. The maximum Gasteiger partial charge on any atom is 0.272 e. The Labute approximate surface area is 188 Å². The lowest BCUT2D eigenvalue weighted by Crippen LogP contribution is -2.18. The van der Waals surface area contributed by atoms with Gasteiger partial charge in [0, 0.05) is 23.5 Å². The Morgan fingerprint density at radius 3 is 2.62 bits per heavy atom. The highest BCUT2D eigenvalue weighted by Gasteiger charge is 2.20. The molecule has 6 nitrogen and oxygen atoms in total. The molecule has 0 saturated carbocycles. The Morgan fingerprint density at radius 1 is 1.03 bits per heavy atom. The van der Waals surface area contributed by atoms with Gasteiger partial charge in [0.2, 0.25) is 0 Å². The number of fused-ring (bicyclic) bond motifs is 2. The fourth-order valence-electron chi connectivity index (χ4n) is 3.78. The smallest absolute Gasteiger partial charge is 0.272 e. The fraction of sp³-hybridized carbons (Fsp3) is 0.0800. The lowest BCUT2D eigenvalue weighted by Gasteiger charge is -2.11. The quantitative estimate of drug-likeness (QED) is 0.430. The number of hydrogen-bond acceptors (Lipinski definition) is 3. The molecule has 1 N–H and O–H groups in total. The van der Waals surface area contributed by atoms with Crippen LogP contribution in [0.3, 0.4) is 0 Å². The highest BCUT2D eigenvalue weighted by Crippen LogP contribution is 2.21. The summed E-state index contributed by atoms with van der Waals surface area (Å²) in [6.07, 6.45) is 1.75. The Kier molecular flexibility index (Phi) is 4.99. The molecule has 32 heavy (non-hydrogen) atoms. The highest BCUT2D eigenvalue weighted by molar-refractivity contribution is 6.31. The first-order valence-electron chi connectivity index (χ1n) is 10.1. The molecule has 0 aliphatic rings. The van der Waals surface area contributed by atoms with Crippen molar-refractivity contribution in [2.45, 2.75) is 13.5 Å². The number of anilines is 1. The van der Waals surface area contributed by atoms with Gasteiger partial charge in [0.05, 0.1) is 5.39 Å². The number of amides is 1. The van der Waals surface area contributed by atoms with Crippen molar-refractivity contribution >= 4 is 39.9 Å². The average molecular weight is 443 g/mol. The second kappa shape index (κ2) is 7.98. The Morgan fingerprint density at radius 2 is 1.84 bits per heavy atom. The Hall–Kier alpha value is -3.90. The monoisotopic (exact) mass is 442 g/mol. The Bertz CT molecular complexity index is 1540. The van der Waals surface area contributed by atoms with E-state index in [1.54, 1.807) is 41.1 Å². The number of carbonyl (C=O) groups is 1. The molecule has 7 heteroatoms. The van der Waals surface area contributed by atoms with Gasteiger partial charge in [-0.25, -0.2) is 4.98 Å². The van der Waals surface area contributed by atoms with E-state index >= 15 is 0 Å². The molecule has 2 aromatic carbocycles. The molecule has 0 unspecified atom stereocenters. The normalized spacial score (nSPS) is 11.2. The molecule has 0 bridgehead atoms. The van der Waals surface area contributed by atoms with Crippen molar-refractivity contribution in [1.29, 1.82) is 0 Å². The summed E-state index contributed by atoms with van der Waals surface area (Å²) in [5.74, 6) is -0.342. The molecule has 5 aromatic rings. The fourth-order valence-corrected chi connectivity index (χ4v) is 3.97. The lowest BCUT2D eigenvalue weighted by molar-refractivity contribution is 0.101. The lowest BCUT2D eigenvalue weighted by atomic mass is 10.2. The molecule has 0 atom stereocenters. The van der Waals surface area contributed by atoms with Crippen molar-refractivity contribution in [3.05, 3.63) is 111 Å². The summed E-state index contributed by atoms with van der Waals surface area (Å²) in [7, 11) is 0. The maximum absolute atomic E-state index is 13.3. The molecule has 0 saturated heterocycles. The topological polar surface area (TPSA) is 68.4 Å². The number of rotatable bonds is 4. The second-order valence-electron chi connectivity index (χ2n) is 7.65. The van der Waals surface area contributed by atoms with Gasteiger partial charge >= 0.3 is 0 Å². The summed E-state index contributed by atoms with van der Waals surface area (Å²) >= 11 is 6.06. The van der Waals surface area contributed by atoms with E-state index in [0.717, 1.165) is 11.1 Å². The van der Waals surface area contributed by atoms with Crippen LogP contribution in [0.15, 0.2) is 83.8 Å². The van der Waals surface area contributed by atoms with Crippen LogP contribution in [0.25, 0.3) is 16.7 Å². The zero-order valence-corrected chi connectivity index (χ0v) is 18.0. The minimum absolute atomic E-state index is 0.211. The first-order chi connectivity index (χ1) is 15.5. The van der Waals surface area contributed by atoms with Gasteiger partial charge in [-0.3, -0.25) is 14.0 Å². The molecule has 0 fully saturated rings. The molecule has 0 radical (unpaired) electrons. The zero-order chi connectivity index (χ0) is 22.2. The van der Waals surface area contributed by atoms with E-state index in [4.69, 9.17) is 16.6 Å². The third-order valence-electron chi connectivity index (χ3n) is 5.31. The van der Waals surface area contributed by atoms with Crippen molar-refractivity contribution in [3.63, 3.8) is 0 Å². The third-order valence-corrected chi connectivity index (χ3v) is 5.55. The van der Waals surface area contributed by atoms with Gasteiger partial charge in [0.25, 0.3) is 11.5 Å². The van der Waals surface area contributed by atoms with Crippen molar-refractivity contribution in [3.8, 4) is 0 Å². The van der Waals surface area contributed by atoms with Gasteiger partial charge in [0.15, 0.2) is 0 Å². The third kappa shape index (κ3) is 3.65. The van der Waals surface area contributed by atoms with E-state index in [9.17, 15) is 9.59 Å². The van der Waals surface area contributed by atoms with Crippen LogP contribution < -0.4 is 10.9 Å². The highest BCUT2D eigenvalue weighted by atomic mass is 35.5. The van der Waals surface area contributed by atoms with Gasteiger partial charge in [-0.1, -0.05) is 54.1 Å². The summed E-state index contributed by atoms with van der Waals surface area (Å²) in [6, 6.07) is 22.0. The van der Waals surface area contributed by atoms with Crippen LogP contribution in [0.4, 0.5) is 5.69 Å². The van der Waals surface area contributed by atoms with Crippen molar-refractivity contribution in [2.75, 3.05) is 5.32 Å². The van der Waals surface area contributed by atoms with Crippen LogP contribution in [-0.2, 0) is 6.54 Å². The van der Waals surface area contributed by atoms with Crippen LogP contribution in [0.5, 0.6) is 0 Å². The minimum atomic E-state index is -0.342. The molecule has 3 aromatic heterocycles. The van der Waals surface area contributed by atoms with Crippen LogP contribution in [0.2, 0.25) is 5.02 Å². The number of nitrogens with zero attached hydrogens (tertiary/aromatic N) is 3. The molecular weight excluding hydrogens is 424 g/mol. The van der Waals surface area contributed by atoms with Crippen LogP contribution >= 0.6 is 11.6 Å². The molecule has 158 valence electrons. The summed E-state index contributed by atoms with van der Waals surface area (Å²) in [5, 5.41) is 3.79. The number of benzene rings is 2. The SMILES string of the molecule is Cc1ccc2nc3c(cc(C(=O)Nc4cccc(Cl)c4)n3Cc3ccccc3)c(=O)n2c1. The number of nitrogens with one attached hydrogen (secondary N) is 1. The van der Waals surface area contributed by atoms with Crippen molar-refractivity contribution in [1.82, 2.24) is 14.0 Å². The summed E-state index contributed by atoms with van der Waals surface area (Å²) in [6.45, 7) is 2.32. The van der Waals surface area contributed by atoms with Gasteiger partial charge in [-0.2, -0.15) is 0 Å². The van der Waals surface area contributed by atoms with E-state index in [2.05, 4.69) is 5.32 Å². The van der Waals surface area contributed by atoms with E-state index in [0.29, 0.717) is 39.6 Å². The van der Waals surface area contributed by atoms with Gasteiger partial charge < -0.3 is 9.88 Å². The summed E-state index contributed by atoms with van der Waals surface area (Å²) < 4.78 is 3.30. The number of pyridine rings is 1. The first-order valence-corrected chi connectivity index (χ1v) is 10.5. The predicted molar refractivity (Wildman–Crippen MR) is 127 cm³/mol. The number of halogens is 1.